The first-order valence-corrected chi connectivity index (χ1v) is 23.5. The molecule has 7 aromatic carbocycles. The molecule has 4 aromatic heterocycles. The minimum atomic E-state index is -0.0334. The molecule has 0 saturated heterocycles. The van der Waals surface area contributed by atoms with Crippen molar-refractivity contribution >= 4 is 54.9 Å². The fourth-order valence-electron chi connectivity index (χ4n) is 9.27. The van der Waals surface area contributed by atoms with Gasteiger partial charge in [0.05, 0.1) is 22.4 Å². The minimum Gasteiger partial charge on any atom is -0.501 e. The van der Waals surface area contributed by atoms with Gasteiger partial charge in [-0.25, -0.2) is 0 Å². The Bertz CT molecular complexity index is 3570. The summed E-state index contributed by atoms with van der Waals surface area (Å²) in [6.45, 7) is 22.6. The van der Waals surface area contributed by atoms with Gasteiger partial charge in [-0.15, -0.1) is 54.1 Å². The van der Waals surface area contributed by atoms with Crippen molar-refractivity contribution in [3.8, 4) is 39.5 Å². The first kappa shape index (κ1) is 46.5. The van der Waals surface area contributed by atoms with E-state index in [1.54, 1.807) is 0 Å². The van der Waals surface area contributed by atoms with Crippen LogP contribution in [0.3, 0.4) is 0 Å². The summed E-state index contributed by atoms with van der Waals surface area (Å²) in [6.07, 6.45) is 1.87. The van der Waals surface area contributed by atoms with Crippen molar-refractivity contribution in [2.45, 2.75) is 91.9 Å². The van der Waals surface area contributed by atoms with Crippen LogP contribution in [0.2, 0.25) is 0 Å². The van der Waals surface area contributed by atoms with Crippen LogP contribution in [0.15, 0.2) is 161 Å². The monoisotopic (exact) mass is 1070 g/mol. The molecule has 0 amide bonds. The number of benzene rings is 7. The second kappa shape index (κ2) is 18.1. The van der Waals surface area contributed by atoms with Crippen LogP contribution in [-0.4, -0.2) is 14.5 Å². The Morgan fingerprint density at radius 1 is 0.544 bits per heavy atom. The molecule has 0 bridgehead atoms. The van der Waals surface area contributed by atoms with Crippen LogP contribution >= 0.6 is 0 Å². The summed E-state index contributed by atoms with van der Waals surface area (Å²) in [5.74, 6) is 1.34. The number of furan rings is 2. The molecular formula is C62H57IrN3O2-2. The number of hydrogen-bond acceptors (Lipinski definition) is 4. The maximum atomic E-state index is 6.84. The summed E-state index contributed by atoms with van der Waals surface area (Å²) in [5, 5.41) is 4.16. The summed E-state index contributed by atoms with van der Waals surface area (Å²) in [4.78, 5) is 9.82. The van der Waals surface area contributed by atoms with Gasteiger partial charge in [-0.3, -0.25) is 4.98 Å². The molecule has 0 aliphatic heterocycles. The second-order valence-corrected chi connectivity index (χ2v) is 20.5. The number of nitrogens with zero attached hydrogens (tertiary/aromatic N) is 3. The van der Waals surface area contributed by atoms with Crippen molar-refractivity contribution < 1.29 is 28.9 Å². The van der Waals surface area contributed by atoms with Crippen LogP contribution < -0.4 is 0 Å². The van der Waals surface area contributed by atoms with Gasteiger partial charge < -0.3 is 18.4 Å². The number of para-hydroxylation sites is 1. The number of rotatable bonds is 6. The Morgan fingerprint density at radius 2 is 1.19 bits per heavy atom. The Morgan fingerprint density at radius 3 is 1.87 bits per heavy atom. The summed E-state index contributed by atoms with van der Waals surface area (Å²) in [6, 6.07) is 57.7. The zero-order valence-electron chi connectivity index (χ0n) is 40.6. The minimum absolute atomic E-state index is 0. The SMILES string of the molecule is CC(C)(C)c1ccnc(-c2[c-]cccc2)c1.CC(C)c1cc(-c2ccccc2)cc(C(C)C)c1-n1c(-c2[c-]ccc3c2oc2cc4c(cc23)oc2ccccc24)nc2ccc(C(C)(C)C)cc21.[Ir]. The molecule has 4 heterocycles. The summed E-state index contributed by atoms with van der Waals surface area (Å²) in [5.41, 5.74) is 17.1. The predicted molar refractivity (Wildman–Crippen MR) is 279 cm³/mol. The van der Waals surface area contributed by atoms with Crippen LogP contribution in [0.4, 0.5) is 0 Å². The van der Waals surface area contributed by atoms with E-state index >= 15 is 0 Å². The molecule has 0 atom stereocenters. The van der Waals surface area contributed by atoms with Gasteiger partial charge in [-0.1, -0.05) is 141 Å². The Labute approximate surface area is 413 Å². The van der Waals surface area contributed by atoms with Crippen molar-refractivity contribution in [1.29, 1.82) is 0 Å². The van der Waals surface area contributed by atoms with Crippen LogP contribution in [-0.2, 0) is 30.9 Å². The van der Waals surface area contributed by atoms with Crippen LogP contribution in [0.1, 0.15) is 103 Å². The maximum absolute atomic E-state index is 6.84. The Balaban J connectivity index is 0.000000289. The number of fused-ring (bicyclic) bond motifs is 7. The molecule has 343 valence electrons. The van der Waals surface area contributed by atoms with Gasteiger partial charge in [-0.2, -0.15) is 0 Å². The Hall–Kier alpha value is -6.59. The topological polar surface area (TPSA) is 57.0 Å². The normalized spacial score (nSPS) is 12.1. The largest absolute Gasteiger partial charge is 0.501 e. The fraction of sp³-hybridized carbons (Fsp3) is 0.226. The van der Waals surface area contributed by atoms with E-state index in [1.165, 1.54) is 39.1 Å². The molecule has 0 unspecified atom stereocenters. The van der Waals surface area contributed by atoms with Crippen molar-refractivity contribution in [3.63, 3.8) is 0 Å². The second-order valence-electron chi connectivity index (χ2n) is 20.5. The quantitative estimate of drug-likeness (QED) is 0.156. The average Bonchev–Trinajstić information content (AvgIpc) is 4.01. The summed E-state index contributed by atoms with van der Waals surface area (Å²) < 4.78 is 15.5. The molecule has 0 aliphatic rings. The number of pyridine rings is 1. The summed E-state index contributed by atoms with van der Waals surface area (Å²) in [7, 11) is 0. The molecule has 5 nitrogen and oxygen atoms in total. The van der Waals surface area contributed by atoms with E-state index in [0.717, 1.165) is 77.6 Å². The number of aromatic nitrogens is 3. The molecule has 11 rings (SSSR count). The van der Waals surface area contributed by atoms with Gasteiger partial charge in [0, 0.05) is 48.1 Å². The molecular weight excluding hydrogens is 1010 g/mol. The third kappa shape index (κ3) is 8.61. The van der Waals surface area contributed by atoms with E-state index in [4.69, 9.17) is 13.8 Å². The van der Waals surface area contributed by atoms with E-state index < -0.39 is 0 Å². The van der Waals surface area contributed by atoms with E-state index in [1.807, 2.05) is 54.7 Å². The van der Waals surface area contributed by atoms with Crippen molar-refractivity contribution in [1.82, 2.24) is 14.5 Å². The van der Waals surface area contributed by atoms with Crippen molar-refractivity contribution in [2.24, 2.45) is 0 Å². The first-order chi connectivity index (χ1) is 32.1. The van der Waals surface area contributed by atoms with Gasteiger partial charge in [0.2, 0.25) is 0 Å². The summed E-state index contributed by atoms with van der Waals surface area (Å²) >= 11 is 0. The molecule has 0 N–H and O–H groups in total. The van der Waals surface area contributed by atoms with E-state index in [9.17, 15) is 0 Å². The van der Waals surface area contributed by atoms with Crippen LogP contribution in [0, 0.1) is 12.1 Å². The third-order valence-corrected chi connectivity index (χ3v) is 13.0. The van der Waals surface area contributed by atoms with Crippen LogP contribution in [0.5, 0.6) is 0 Å². The Kier molecular flexibility index (Phi) is 12.4. The smallest absolute Gasteiger partial charge is 0.136 e. The standard InChI is InChI=1S/C47H41N2O2.C15H16N.Ir/c1-27(2)35-22-30(29-14-9-8-10-15-29)23-36(28(3)4)44(35)49-40-24-31(47(5,6)7)20-21-39(40)48-46(49)34-18-13-17-33-38-26-42-37(25-43(38)51-45(33)34)32-16-11-12-19-41(32)50-42;1-15(2,3)13-9-10-16-14(11-13)12-7-5-4-6-8-12;/h8-17,19-28H,1-7H3;4-7,9-11H,1-3H3;/q2*-1;. The van der Waals surface area contributed by atoms with Crippen molar-refractivity contribution in [3.05, 3.63) is 186 Å². The van der Waals surface area contributed by atoms with Gasteiger partial charge in [-0.05, 0) is 110 Å². The molecule has 1 radical (unpaired) electrons. The van der Waals surface area contributed by atoms with E-state index in [0.29, 0.717) is 0 Å². The zero-order chi connectivity index (χ0) is 46.8. The molecule has 11 aromatic rings. The number of imidazole rings is 1. The predicted octanol–water partition coefficient (Wildman–Crippen LogP) is 17.3. The van der Waals surface area contributed by atoms with E-state index in [2.05, 4.69) is 188 Å². The maximum Gasteiger partial charge on any atom is 0.136 e. The van der Waals surface area contributed by atoms with Crippen LogP contribution in [0.25, 0.3) is 94.4 Å². The van der Waals surface area contributed by atoms with Gasteiger partial charge in [0.25, 0.3) is 0 Å². The van der Waals surface area contributed by atoms with Gasteiger partial charge >= 0.3 is 0 Å². The molecule has 6 heteroatoms. The fourth-order valence-corrected chi connectivity index (χ4v) is 9.27. The van der Waals surface area contributed by atoms with E-state index in [-0.39, 0.29) is 42.8 Å². The molecule has 68 heavy (non-hydrogen) atoms. The molecule has 0 fully saturated rings. The average molecular weight is 1070 g/mol. The first-order valence-electron chi connectivity index (χ1n) is 23.5. The molecule has 0 saturated carbocycles. The zero-order valence-corrected chi connectivity index (χ0v) is 43.0. The number of hydrogen-bond donors (Lipinski definition) is 0. The molecule has 0 aliphatic carbocycles. The van der Waals surface area contributed by atoms with Gasteiger partial charge in [0.15, 0.2) is 0 Å². The third-order valence-electron chi connectivity index (χ3n) is 13.0. The van der Waals surface area contributed by atoms with Gasteiger partial charge in [0.1, 0.15) is 16.7 Å². The van der Waals surface area contributed by atoms with Crippen molar-refractivity contribution in [2.75, 3.05) is 0 Å². The molecule has 0 spiro atoms.